The Morgan fingerprint density at radius 2 is 2.14 bits per heavy atom. The van der Waals surface area contributed by atoms with E-state index in [9.17, 15) is 4.79 Å². The van der Waals surface area contributed by atoms with Gasteiger partial charge >= 0.3 is 0 Å². The van der Waals surface area contributed by atoms with Crippen molar-refractivity contribution in [3.63, 3.8) is 0 Å². The summed E-state index contributed by atoms with van der Waals surface area (Å²) in [6, 6.07) is 9.63. The molecule has 1 amide bonds. The van der Waals surface area contributed by atoms with Gasteiger partial charge in [-0.1, -0.05) is 6.07 Å². The summed E-state index contributed by atoms with van der Waals surface area (Å²) < 4.78 is 16.1. The minimum Gasteiger partial charge on any atom is -0.493 e. The number of aromatic nitrogens is 1. The van der Waals surface area contributed by atoms with Crippen molar-refractivity contribution >= 4 is 17.2 Å². The molecule has 0 aliphatic carbocycles. The number of amides is 1. The summed E-state index contributed by atoms with van der Waals surface area (Å²) in [4.78, 5) is 19.5. The molecule has 146 valence electrons. The Balaban J connectivity index is 1.49. The number of thiazole rings is 1. The van der Waals surface area contributed by atoms with E-state index in [1.165, 1.54) is 11.3 Å². The Bertz CT molecular complexity index is 951. The van der Waals surface area contributed by atoms with Crippen LogP contribution >= 0.6 is 11.3 Å². The Labute approximate surface area is 167 Å². The number of hydrogen-bond acceptors (Lipinski definition) is 6. The van der Waals surface area contributed by atoms with Gasteiger partial charge in [-0.3, -0.25) is 4.79 Å². The van der Waals surface area contributed by atoms with Crippen LogP contribution in [-0.2, 0) is 11.2 Å². The van der Waals surface area contributed by atoms with E-state index >= 15 is 0 Å². The number of ether oxygens (including phenoxy) is 2. The summed E-state index contributed by atoms with van der Waals surface area (Å²) in [5, 5.41) is 2.72. The van der Waals surface area contributed by atoms with Gasteiger partial charge < -0.3 is 18.8 Å². The van der Waals surface area contributed by atoms with E-state index < -0.39 is 0 Å². The number of benzene rings is 1. The first-order chi connectivity index (χ1) is 13.7. The molecule has 0 spiro atoms. The number of hydrogen-bond donors (Lipinski definition) is 0. The van der Waals surface area contributed by atoms with Crippen LogP contribution in [0.1, 0.15) is 30.1 Å². The summed E-state index contributed by atoms with van der Waals surface area (Å²) >= 11 is 1.49. The highest BCUT2D eigenvalue weighted by Gasteiger charge is 2.30. The Morgan fingerprint density at radius 1 is 1.29 bits per heavy atom. The third-order valence-corrected chi connectivity index (χ3v) is 5.89. The molecule has 1 aliphatic rings. The van der Waals surface area contributed by atoms with Crippen LogP contribution in [0.3, 0.4) is 0 Å². The second kappa shape index (κ2) is 8.06. The van der Waals surface area contributed by atoms with Gasteiger partial charge in [0.1, 0.15) is 0 Å². The molecule has 0 N–H and O–H groups in total. The lowest BCUT2D eigenvalue weighted by Gasteiger charge is -2.25. The number of likely N-dealkylation sites (tertiary alicyclic amines) is 1. The van der Waals surface area contributed by atoms with E-state index in [0.29, 0.717) is 17.9 Å². The summed E-state index contributed by atoms with van der Waals surface area (Å²) in [5.74, 6) is 2.19. The fourth-order valence-corrected chi connectivity index (χ4v) is 4.42. The molecule has 7 heteroatoms. The van der Waals surface area contributed by atoms with Gasteiger partial charge in [-0.25, -0.2) is 4.98 Å². The van der Waals surface area contributed by atoms with Gasteiger partial charge in [0.05, 0.1) is 38.6 Å². The van der Waals surface area contributed by atoms with E-state index in [0.717, 1.165) is 41.4 Å². The highest BCUT2D eigenvalue weighted by molar-refractivity contribution is 7.13. The standard InChI is InChI=1S/C21H22N2O4S/c1-25-17-8-7-14(11-19(17)26-2)16-5-3-9-23(16)20(24)12-15-13-28-21(22-15)18-6-4-10-27-18/h4,6-8,10-11,13,16H,3,5,9,12H2,1-2H3/t16-/m1/s1. The zero-order chi connectivity index (χ0) is 19.5. The second-order valence-electron chi connectivity index (χ2n) is 6.66. The molecule has 0 saturated carbocycles. The molecular weight excluding hydrogens is 376 g/mol. The first-order valence-corrected chi connectivity index (χ1v) is 10.1. The molecule has 0 radical (unpaired) electrons. The van der Waals surface area contributed by atoms with Crippen LogP contribution in [0.2, 0.25) is 0 Å². The van der Waals surface area contributed by atoms with E-state index in [2.05, 4.69) is 4.98 Å². The van der Waals surface area contributed by atoms with Gasteiger partial charge in [-0.2, -0.15) is 0 Å². The second-order valence-corrected chi connectivity index (χ2v) is 7.52. The first kappa shape index (κ1) is 18.6. The SMILES string of the molecule is COc1ccc([C@H]2CCCN2C(=O)Cc2csc(-c3ccco3)n2)cc1OC. The largest absolute Gasteiger partial charge is 0.493 e. The summed E-state index contributed by atoms with van der Waals surface area (Å²) in [6.45, 7) is 0.757. The van der Waals surface area contributed by atoms with E-state index in [1.54, 1.807) is 20.5 Å². The highest BCUT2D eigenvalue weighted by atomic mass is 32.1. The number of rotatable bonds is 6. The zero-order valence-electron chi connectivity index (χ0n) is 15.9. The van der Waals surface area contributed by atoms with Crippen molar-refractivity contribution in [3.05, 3.63) is 53.2 Å². The Hall–Kier alpha value is -2.80. The summed E-state index contributed by atoms with van der Waals surface area (Å²) in [7, 11) is 3.24. The third-order valence-electron chi connectivity index (χ3n) is 4.98. The number of furan rings is 1. The molecule has 3 heterocycles. The highest BCUT2D eigenvalue weighted by Crippen LogP contribution is 2.37. The molecular formula is C21H22N2O4S. The minimum atomic E-state index is 0.0514. The van der Waals surface area contributed by atoms with Crippen LogP contribution in [-0.4, -0.2) is 36.6 Å². The van der Waals surface area contributed by atoms with Crippen LogP contribution in [0, 0.1) is 0 Å². The number of nitrogens with zero attached hydrogens (tertiary/aromatic N) is 2. The monoisotopic (exact) mass is 398 g/mol. The molecule has 1 aliphatic heterocycles. The van der Waals surface area contributed by atoms with E-state index in [1.807, 2.05) is 40.6 Å². The van der Waals surface area contributed by atoms with E-state index in [-0.39, 0.29) is 11.9 Å². The van der Waals surface area contributed by atoms with Crippen molar-refractivity contribution in [3.8, 4) is 22.3 Å². The molecule has 2 aromatic heterocycles. The molecule has 1 saturated heterocycles. The minimum absolute atomic E-state index is 0.0514. The van der Waals surface area contributed by atoms with Crippen LogP contribution < -0.4 is 9.47 Å². The maximum atomic E-state index is 13.0. The van der Waals surface area contributed by atoms with Crippen molar-refractivity contribution in [2.45, 2.75) is 25.3 Å². The third kappa shape index (κ3) is 3.62. The predicted molar refractivity (Wildman–Crippen MR) is 107 cm³/mol. The van der Waals surface area contributed by atoms with Gasteiger partial charge in [-0.15, -0.1) is 11.3 Å². The molecule has 1 atom stereocenters. The van der Waals surface area contributed by atoms with Gasteiger partial charge in [-0.05, 0) is 42.7 Å². The van der Waals surface area contributed by atoms with Gasteiger partial charge in [0.15, 0.2) is 22.3 Å². The molecule has 4 rings (SSSR count). The molecule has 6 nitrogen and oxygen atoms in total. The number of carbonyl (C=O) groups excluding carboxylic acids is 1. The van der Waals surface area contributed by atoms with Crippen molar-refractivity contribution < 1.29 is 18.7 Å². The maximum Gasteiger partial charge on any atom is 0.229 e. The van der Waals surface area contributed by atoms with Crippen LogP contribution in [0.5, 0.6) is 11.5 Å². The Morgan fingerprint density at radius 3 is 2.89 bits per heavy atom. The lowest BCUT2D eigenvalue weighted by atomic mass is 10.0. The van der Waals surface area contributed by atoms with E-state index in [4.69, 9.17) is 13.9 Å². The Kier molecular flexibility index (Phi) is 5.34. The lowest BCUT2D eigenvalue weighted by molar-refractivity contribution is -0.131. The lowest BCUT2D eigenvalue weighted by Crippen LogP contribution is -2.31. The molecule has 3 aromatic rings. The van der Waals surface area contributed by atoms with Gasteiger partial charge in [0.25, 0.3) is 0 Å². The molecule has 28 heavy (non-hydrogen) atoms. The summed E-state index contributed by atoms with van der Waals surface area (Å²) in [5.41, 5.74) is 1.84. The van der Waals surface area contributed by atoms with Crippen LogP contribution in [0.25, 0.3) is 10.8 Å². The van der Waals surface area contributed by atoms with Gasteiger partial charge in [0, 0.05) is 11.9 Å². The fraction of sp³-hybridized carbons (Fsp3) is 0.333. The molecule has 0 bridgehead atoms. The van der Waals surface area contributed by atoms with Gasteiger partial charge in [0.2, 0.25) is 5.91 Å². The molecule has 1 aromatic carbocycles. The average molecular weight is 398 g/mol. The number of methoxy groups -OCH3 is 2. The smallest absolute Gasteiger partial charge is 0.229 e. The van der Waals surface area contributed by atoms with Crippen molar-refractivity contribution in [1.82, 2.24) is 9.88 Å². The normalized spacial score (nSPS) is 16.4. The first-order valence-electron chi connectivity index (χ1n) is 9.19. The van der Waals surface area contributed by atoms with Crippen molar-refractivity contribution in [2.75, 3.05) is 20.8 Å². The zero-order valence-corrected chi connectivity index (χ0v) is 16.7. The van der Waals surface area contributed by atoms with Crippen molar-refractivity contribution in [2.24, 2.45) is 0 Å². The van der Waals surface area contributed by atoms with Crippen LogP contribution in [0.4, 0.5) is 0 Å². The van der Waals surface area contributed by atoms with Crippen LogP contribution in [0.15, 0.2) is 46.4 Å². The maximum absolute atomic E-state index is 13.0. The quantitative estimate of drug-likeness (QED) is 0.618. The molecule has 1 fully saturated rings. The molecule has 0 unspecified atom stereocenters. The number of carbonyl (C=O) groups is 1. The summed E-state index contributed by atoms with van der Waals surface area (Å²) in [6.07, 6.45) is 3.84. The predicted octanol–water partition coefficient (Wildman–Crippen LogP) is 4.33. The van der Waals surface area contributed by atoms with Crippen molar-refractivity contribution in [1.29, 1.82) is 0 Å². The topological polar surface area (TPSA) is 64.8 Å². The fourth-order valence-electron chi connectivity index (χ4n) is 3.63. The average Bonchev–Trinajstić information content (AvgIpc) is 3.48.